The smallest absolute Gasteiger partial charge is 0.277 e. The molecule has 0 unspecified atom stereocenters. The van der Waals surface area contributed by atoms with Crippen LogP contribution in [-0.2, 0) is 6.42 Å². The van der Waals surface area contributed by atoms with Crippen molar-refractivity contribution in [2.75, 3.05) is 18.6 Å². The summed E-state index contributed by atoms with van der Waals surface area (Å²) in [6.07, 6.45) is 3.64. The number of benzene rings is 2. The Balaban J connectivity index is 1.28. The summed E-state index contributed by atoms with van der Waals surface area (Å²) >= 11 is 1.55. The highest BCUT2D eigenvalue weighted by Gasteiger charge is 2.30. The van der Waals surface area contributed by atoms with Crippen molar-refractivity contribution in [2.24, 2.45) is 5.92 Å². The van der Waals surface area contributed by atoms with Gasteiger partial charge in [0.25, 0.3) is 5.91 Å². The molecule has 0 spiro atoms. The highest BCUT2D eigenvalue weighted by atomic mass is 32.1. The standard InChI is InChI=1S/C30H26N2O4S/c1-35-21-6-4-7-22(18-21)36-28-11-5-9-24(31-28)30(34)32-15-14-20-17-27(26(33)16-19-12-13-19)37-29(20)23-8-2-3-10-25(23)32/h2-11,17-19H,12-16H2,1H3. The molecular formula is C30H26N2O4S. The number of nitrogens with zero attached hydrogens (tertiary/aromatic N) is 2. The molecule has 6 rings (SSSR count). The first-order valence-corrected chi connectivity index (χ1v) is 13.3. The first-order chi connectivity index (χ1) is 18.1. The number of Topliss-reactive ketones (excluding diaryl/α,β-unsaturated/α-hetero) is 1. The van der Waals surface area contributed by atoms with Crippen LogP contribution in [0.2, 0.25) is 0 Å². The van der Waals surface area contributed by atoms with Gasteiger partial charge < -0.3 is 14.4 Å². The largest absolute Gasteiger partial charge is 0.497 e. The van der Waals surface area contributed by atoms with Gasteiger partial charge in [-0.1, -0.05) is 30.3 Å². The van der Waals surface area contributed by atoms with Crippen molar-refractivity contribution in [1.29, 1.82) is 0 Å². The first kappa shape index (κ1) is 23.4. The van der Waals surface area contributed by atoms with Crippen LogP contribution in [0, 0.1) is 5.92 Å². The highest BCUT2D eigenvalue weighted by molar-refractivity contribution is 7.17. The molecule has 4 aromatic rings. The summed E-state index contributed by atoms with van der Waals surface area (Å²) in [5, 5.41) is 0. The summed E-state index contributed by atoms with van der Waals surface area (Å²) in [6, 6.07) is 22.4. The summed E-state index contributed by atoms with van der Waals surface area (Å²) in [4.78, 5) is 34.7. The molecule has 0 saturated heterocycles. The third-order valence-electron chi connectivity index (χ3n) is 6.75. The molecule has 3 heterocycles. The molecule has 0 atom stereocenters. The summed E-state index contributed by atoms with van der Waals surface area (Å²) < 4.78 is 11.2. The van der Waals surface area contributed by atoms with Crippen LogP contribution in [0.1, 0.15) is 45.0 Å². The highest BCUT2D eigenvalue weighted by Crippen LogP contribution is 2.43. The van der Waals surface area contributed by atoms with E-state index in [9.17, 15) is 9.59 Å². The van der Waals surface area contributed by atoms with E-state index in [0.29, 0.717) is 48.4 Å². The number of ketones is 1. The third-order valence-corrected chi connectivity index (χ3v) is 8.00. The maximum Gasteiger partial charge on any atom is 0.277 e. The number of hydrogen-bond donors (Lipinski definition) is 0. The average Bonchev–Trinajstić information content (AvgIpc) is 3.67. The fraction of sp³-hybridized carbons (Fsp3) is 0.233. The number of ether oxygens (including phenoxy) is 2. The van der Waals surface area contributed by atoms with E-state index in [1.54, 1.807) is 47.6 Å². The molecule has 37 heavy (non-hydrogen) atoms. The van der Waals surface area contributed by atoms with E-state index in [0.717, 1.165) is 39.4 Å². The molecule has 0 bridgehead atoms. The van der Waals surface area contributed by atoms with E-state index in [1.807, 2.05) is 48.5 Å². The minimum Gasteiger partial charge on any atom is -0.497 e. The summed E-state index contributed by atoms with van der Waals surface area (Å²) in [5.41, 5.74) is 3.23. The minimum absolute atomic E-state index is 0.191. The topological polar surface area (TPSA) is 68.7 Å². The molecule has 186 valence electrons. The average molecular weight is 511 g/mol. The monoisotopic (exact) mass is 510 g/mol. The number of rotatable bonds is 7. The van der Waals surface area contributed by atoms with Gasteiger partial charge in [-0.25, -0.2) is 4.98 Å². The van der Waals surface area contributed by atoms with E-state index in [4.69, 9.17) is 9.47 Å². The van der Waals surface area contributed by atoms with E-state index in [2.05, 4.69) is 4.98 Å². The molecule has 2 aromatic carbocycles. The zero-order valence-electron chi connectivity index (χ0n) is 20.5. The third kappa shape index (κ3) is 4.87. The summed E-state index contributed by atoms with van der Waals surface area (Å²) in [7, 11) is 1.60. The van der Waals surface area contributed by atoms with Crippen molar-refractivity contribution in [1.82, 2.24) is 4.98 Å². The van der Waals surface area contributed by atoms with Crippen molar-refractivity contribution in [2.45, 2.75) is 25.7 Å². The van der Waals surface area contributed by atoms with E-state index in [1.165, 1.54) is 0 Å². The quantitative estimate of drug-likeness (QED) is 0.256. The van der Waals surface area contributed by atoms with E-state index in [-0.39, 0.29) is 11.7 Å². The lowest BCUT2D eigenvalue weighted by Gasteiger charge is -2.22. The lowest BCUT2D eigenvalue weighted by atomic mass is 10.1. The molecular weight excluding hydrogens is 484 g/mol. The van der Waals surface area contributed by atoms with Gasteiger partial charge in [0.05, 0.1) is 17.7 Å². The van der Waals surface area contributed by atoms with Gasteiger partial charge in [0, 0.05) is 35.5 Å². The van der Waals surface area contributed by atoms with E-state index < -0.39 is 0 Å². The predicted molar refractivity (Wildman–Crippen MR) is 144 cm³/mol. The molecule has 1 fully saturated rings. The van der Waals surface area contributed by atoms with Gasteiger partial charge in [-0.15, -0.1) is 11.3 Å². The lowest BCUT2D eigenvalue weighted by Crippen LogP contribution is -2.33. The van der Waals surface area contributed by atoms with Crippen LogP contribution in [0.25, 0.3) is 10.4 Å². The fourth-order valence-electron chi connectivity index (χ4n) is 4.64. The maximum absolute atomic E-state index is 13.7. The molecule has 1 saturated carbocycles. The van der Waals surface area contributed by atoms with Crippen molar-refractivity contribution in [3.05, 3.63) is 88.9 Å². The van der Waals surface area contributed by atoms with Gasteiger partial charge in [-0.05, 0) is 61.1 Å². The van der Waals surface area contributed by atoms with Crippen LogP contribution >= 0.6 is 11.3 Å². The van der Waals surface area contributed by atoms with Crippen molar-refractivity contribution < 1.29 is 19.1 Å². The van der Waals surface area contributed by atoms with Gasteiger partial charge in [0.15, 0.2) is 5.78 Å². The van der Waals surface area contributed by atoms with Crippen molar-refractivity contribution >= 4 is 28.7 Å². The molecule has 2 aromatic heterocycles. The summed E-state index contributed by atoms with van der Waals surface area (Å²) in [5.74, 6) is 2.20. The Bertz CT molecular complexity index is 1490. The lowest BCUT2D eigenvalue weighted by molar-refractivity contribution is 0.0972. The SMILES string of the molecule is COc1cccc(Oc2cccc(C(=O)N3CCc4cc(C(=O)CC5CC5)sc4-c4ccccc43)n2)c1. The number of aromatic nitrogens is 1. The number of thiophene rings is 1. The molecule has 2 aliphatic rings. The number of anilines is 1. The van der Waals surface area contributed by atoms with Crippen LogP contribution in [0.5, 0.6) is 17.4 Å². The van der Waals surface area contributed by atoms with Gasteiger partial charge in [-0.2, -0.15) is 0 Å². The number of methoxy groups -OCH3 is 1. The van der Waals surface area contributed by atoms with Crippen LogP contribution in [0.15, 0.2) is 72.8 Å². The van der Waals surface area contributed by atoms with Gasteiger partial charge in [0.1, 0.15) is 17.2 Å². The van der Waals surface area contributed by atoms with Crippen molar-refractivity contribution in [3.63, 3.8) is 0 Å². The van der Waals surface area contributed by atoms with E-state index >= 15 is 0 Å². The predicted octanol–water partition coefficient (Wildman–Crippen LogP) is 6.80. The molecule has 0 radical (unpaired) electrons. The van der Waals surface area contributed by atoms with Crippen LogP contribution in [0.4, 0.5) is 5.69 Å². The number of carbonyl (C=O) groups excluding carboxylic acids is 2. The normalized spacial score (nSPS) is 14.4. The Morgan fingerprint density at radius 3 is 2.65 bits per heavy atom. The Labute approximate surface area is 219 Å². The van der Waals surface area contributed by atoms with Crippen LogP contribution in [0.3, 0.4) is 0 Å². The van der Waals surface area contributed by atoms with Gasteiger partial charge >= 0.3 is 0 Å². The van der Waals surface area contributed by atoms with Crippen LogP contribution in [-0.4, -0.2) is 30.3 Å². The number of pyridine rings is 1. The molecule has 0 N–H and O–H groups in total. The van der Waals surface area contributed by atoms with Crippen molar-refractivity contribution in [3.8, 4) is 27.8 Å². The number of para-hydroxylation sites is 1. The number of fused-ring (bicyclic) bond motifs is 3. The molecule has 1 aliphatic heterocycles. The second kappa shape index (κ2) is 9.82. The second-order valence-corrected chi connectivity index (χ2v) is 10.5. The van der Waals surface area contributed by atoms with Crippen LogP contribution < -0.4 is 14.4 Å². The molecule has 7 heteroatoms. The Kier molecular flexibility index (Phi) is 6.22. The molecule has 1 amide bonds. The number of carbonyl (C=O) groups is 2. The number of hydrogen-bond acceptors (Lipinski definition) is 6. The Morgan fingerprint density at radius 2 is 1.81 bits per heavy atom. The number of amides is 1. The molecule has 6 nitrogen and oxygen atoms in total. The zero-order chi connectivity index (χ0) is 25.4. The minimum atomic E-state index is -0.191. The van der Waals surface area contributed by atoms with Gasteiger partial charge in [0.2, 0.25) is 5.88 Å². The fourth-order valence-corrected chi connectivity index (χ4v) is 5.84. The summed E-state index contributed by atoms with van der Waals surface area (Å²) in [6.45, 7) is 0.498. The first-order valence-electron chi connectivity index (χ1n) is 12.4. The molecule has 1 aliphatic carbocycles. The Morgan fingerprint density at radius 1 is 1.00 bits per heavy atom. The maximum atomic E-state index is 13.7. The second-order valence-electron chi connectivity index (χ2n) is 9.40. The van der Waals surface area contributed by atoms with Gasteiger partial charge in [-0.3, -0.25) is 9.59 Å². The zero-order valence-corrected chi connectivity index (χ0v) is 21.3. The Hall–Kier alpha value is -3.97.